The van der Waals surface area contributed by atoms with Gasteiger partial charge >= 0.3 is 7.60 Å². The van der Waals surface area contributed by atoms with Crippen LogP contribution in [0.5, 0.6) is 0 Å². The van der Waals surface area contributed by atoms with Crippen LogP contribution in [0.25, 0.3) is 0 Å². The first-order chi connectivity index (χ1) is 7.68. The van der Waals surface area contributed by atoms with Crippen LogP contribution in [0, 0.1) is 0 Å². The van der Waals surface area contributed by atoms with Gasteiger partial charge in [0.25, 0.3) is 0 Å². The smallest absolute Gasteiger partial charge is 0.309 e. The summed E-state index contributed by atoms with van der Waals surface area (Å²) in [7, 11) is -3.00. The molecule has 0 aromatic rings. The Kier molecular flexibility index (Phi) is 11.8. The van der Waals surface area contributed by atoms with E-state index in [2.05, 4.69) is 0 Å². The maximum Gasteiger partial charge on any atom is 0.330 e. The topological polar surface area (TPSA) is 35.5 Å². The summed E-state index contributed by atoms with van der Waals surface area (Å²) in [6.07, 6.45) is 2.28. The monoisotopic (exact) mass is 310 g/mol. The van der Waals surface area contributed by atoms with Crippen LogP contribution < -0.4 is 0 Å². The molecule has 0 unspecified atom stereocenters. The van der Waals surface area contributed by atoms with E-state index in [1.54, 1.807) is 0 Å². The summed E-state index contributed by atoms with van der Waals surface area (Å²) < 4.78 is 22.7. The van der Waals surface area contributed by atoms with E-state index in [0.717, 1.165) is 0 Å². The molecule has 0 fully saturated rings. The minimum absolute atomic E-state index is 0.348. The molecule has 0 bridgehead atoms. The Labute approximate surface area is 112 Å². The molecule has 7 heteroatoms. The molecule has 0 aliphatic heterocycles. The molecule has 16 heavy (non-hydrogen) atoms. The Hall–Kier alpha value is 1.02. The van der Waals surface area contributed by atoms with E-state index in [0.29, 0.717) is 56.3 Å². The highest BCUT2D eigenvalue weighted by Crippen LogP contribution is 2.48. The summed E-state index contributed by atoms with van der Waals surface area (Å²) in [4.78, 5) is 0. The van der Waals surface area contributed by atoms with Crippen LogP contribution in [0.15, 0.2) is 0 Å². The van der Waals surface area contributed by atoms with E-state index in [9.17, 15) is 4.57 Å². The Bertz CT molecular complexity index is 190. The molecule has 0 heterocycles. The van der Waals surface area contributed by atoms with E-state index in [1.165, 1.54) is 0 Å². The average Bonchev–Trinajstić information content (AvgIpc) is 2.27. The first-order valence-electron chi connectivity index (χ1n) is 5.24. The van der Waals surface area contributed by atoms with Crippen molar-refractivity contribution in [3.63, 3.8) is 0 Å². The largest absolute Gasteiger partial charge is 0.330 e. The Morgan fingerprint density at radius 2 is 1.25 bits per heavy atom. The number of halogens is 3. The first kappa shape index (κ1) is 17.0. The van der Waals surface area contributed by atoms with Gasteiger partial charge < -0.3 is 9.05 Å². The van der Waals surface area contributed by atoms with Gasteiger partial charge in [0.1, 0.15) is 0 Å². The maximum atomic E-state index is 12.1. The van der Waals surface area contributed by atoms with Gasteiger partial charge in [-0.3, -0.25) is 4.57 Å². The number of hydrogen-bond acceptors (Lipinski definition) is 3. The van der Waals surface area contributed by atoms with Crippen molar-refractivity contribution in [3.05, 3.63) is 0 Å². The van der Waals surface area contributed by atoms with E-state index in [1.807, 2.05) is 0 Å². The molecule has 0 radical (unpaired) electrons. The van der Waals surface area contributed by atoms with Gasteiger partial charge in [-0.05, 0) is 19.3 Å². The van der Waals surface area contributed by atoms with Crippen LogP contribution in [0.2, 0.25) is 0 Å². The second-order valence-electron chi connectivity index (χ2n) is 3.13. The molecule has 0 N–H and O–H groups in total. The normalized spacial score (nSPS) is 11.9. The van der Waals surface area contributed by atoms with Gasteiger partial charge in [0.05, 0.1) is 19.4 Å². The molecule has 3 nitrogen and oxygen atoms in total. The summed E-state index contributed by atoms with van der Waals surface area (Å²) in [5.74, 6) is 1.41. The molecule has 0 spiro atoms. The van der Waals surface area contributed by atoms with Gasteiger partial charge in [-0.1, -0.05) is 0 Å². The van der Waals surface area contributed by atoms with Crippen molar-refractivity contribution < 1.29 is 13.6 Å². The third kappa shape index (κ3) is 9.09. The van der Waals surface area contributed by atoms with Crippen LogP contribution >= 0.6 is 42.4 Å². The zero-order valence-corrected chi connectivity index (χ0v) is 12.3. The quantitative estimate of drug-likeness (QED) is 0.327. The number of hydrogen-bond donors (Lipinski definition) is 0. The molecule has 98 valence electrons. The average molecular weight is 312 g/mol. The van der Waals surface area contributed by atoms with Gasteiger partial charge in [0, 0.05) is 17.6 Å². The predicted molar refractivity (Wildman–Crippen MR) is 70.4 cm³/mol. The zero-order valence-electron chi connectivity index (χ0n) is 9.17. The van der Waals surface area contributed by atoms with Crippen LogP contribution in [0.3, 0.4) is 0 Å². The predicted octanol–water partition coefficient (Wildman–Crippen LogP) is 4.10. The van der Waals surface area contributed by atoms with Crippen molar-refractivity contribution >= 4 is 42.4 Å². The minimum atomic E-state index is -3.00. The molecule has 0 saturated carbocycles. The summed E-state index contributed by atoms with van der Waals surface area (Å²) in [6.45, 7) is 0.702. The molecular formula is C9H18Cl3O3P. The maximum absolute atomic E-state index is 12.1. The van der Waals surface area contributed by atoms with Crippen molar-refractivity contribution in [2.45, 2.75) is 19.3 Å². The standard InChI is InChI=1S/C9H18Cl3O3P/c10-4-1-7-14-16(13,9-3-6-12)15-8-2-5-11/h1-9H2. The van der Waals surface area contributed by atoms with Crippen LogP contribution in [0.1, 0.15) is 19.3 Å². The molecular weight excluding hydrogens is 293 g/mol. The zero-order chi connectivity index (χ0) is 12.3. The Balaban J connectivity index is 3.97. The third-order valence-electron chi connectivity index (χ3n) is 1.70. The van der Waals surface area contributed by atoms with Crippen molar-refractivity contribution in [2.75, 3.05) is 37.0 Å². The van der Waals surface area contributed by atoms with Crippen molar-refractivity contribution in [2.24, 2.45) is 0 Å². The highest BCUT2D eigenvalue weighted by molar-refractivity contribution is 7.53. The van der Waals surface area contributed by atoms with Gasteiger partial charge in [0.15, 0.2) is 0 Å². The van der Waals surface area contributed by atoms with Gasteiger partial charge in [0.2, 0.25) is 0 Å². The summed E-state index contributed by atoms with van der Waals surface area (Å²) in [6, 6.07) is 0. The second kappa shape index (κ2) is 11.1. The summed E-state index contributed by atoms with van der Waals surface area (Å²) >= 11 is 16.6. The van der Waals surface area contributed by atoms with Crippen LogP contribution in [0.4, 0.5) is 0 Å². The summed E-state index contributed by atoms with van der Waals surface area (Å²) in [5.41, 5.74) is 0. The van der Waals surface area contributed by atoms with Gasteiger partial charge in [-0.25, -0.2) is 0 Å². The minimum Gasteiger partial charge on any atom is -0.309 e. The van der Waals surface area contributed by atoms with E-state index < -0.39 is 7.60 Å². The molecule has 0 atom stereocenters. The molecule has 0 aliphatic carbocycles. The lowest BCUT2D eigenvalue weighted by Crippen LogP contribution is -2.04. The highest BCUT2D eigenvalue weighted by Gasteiger charge is 2.23. The third-order valence-corrected chi connectivity index (χ3v) is 4.52. The van der Waals surface area contributed by atoms with Gasteiger partial charge in [-0.2, -0.15) is 0 Å². The molecule has 0 aliphatic rings. The molecule has 0 saturated heterocycles. The fraction of sp³-hybridized carbons (Fsp3) is 1.00. The SMILES string of the molecule is O=P(CCCCl)(OCCCCl)OCCCCl. The first-order valence-corrected chi connectivity index (χ1v) is 8.57. The lowest BCUT2D eigenvalue weighted by molar-refractivity contribution is 0.205. The van der Waals surface area contributed by atoms with Crippen LogP contribution in [-0.2, 0) is 13.6 Å². The van der Waals surface area contributed by atoms with Crippen LogP contribution in [-0.4, -0.2) is 37.0 Å². The fourth-order valence-corrected chi connectivity index (χ4v) is 3.17. The molecule has 0 rings (SSSR count). The van der Waals surface area contributed by atoms with Gasteiger partial charge in [-0.15, -0.1) is 34.8 Å². The van der Waals surface area contributed by atoms with E-state index >= 15 is 0 Å². The highest BCUT2D eigenvalue weighted by atomic mass is 35.5. The number of rotatable bonds is 11. The molecule has 0 aromatic heterocycles. The molecule has 0 amide bonds. The summed E-state index contributed by atoms with van der Waals surface area (Å²) in [5, 5.41) is 0. The van der Waals surface area contributed by atoms with Crippen molar-refractivity contribution in [1.82, 2.24) is 0 Å². The van der Waals surface area contributed by atoms with Crippen molar-refractivity contribution in [1.29, 1.82) is 0 Å². The second-order valence-corrected chi connectivity index (χ2v) is 6.45. The Morgan fingerprint density at radius 1 is 0.812 bits per heavy atom. The number of alkyl halides is 3. The Morgan fingerprint density at radius 3 is 1.62 bits per heavy atom. The lowest BCUT2D eigenvalue weighted by Gasteiger charge is -2.17. The lowest BCUT2D eigenvalue weighted by atomic mass is 10.5. The van der Waals surface area contributed by atoms with E-state index in [-0.39, 0.29) is 0 Å². The van der Waals surface area contributed by atoms with Crippen molar-refractivity contribution in [3.8, 4) is 0 Å². The fourth-order valence-electron chi connectivity index (χ4n) is 0.936. The molecule has 0 aromatic carbocycles. The van der Waals surface area contributed by atoms with E-state index in [4.69, 9.17) is 43.9 Å².